The summed E-state index contributed by atoms with van der Waals surface area (Å²) < 4.78 is 29.5. The highest BCUT2D eigenvalue weighted by Gasteiger charge is 2.16. The summed E-state index contributed by atoms with van der Waals surface area (Å²) in [5.41, 5.74) is 0.456. The van der Waals surface area contributed by atoms with Crippen molar-refractivity contribution >= 4 is 23.5 Å². The summed E-state index contributed by atoms with van der Waals surface area (Å²) in [5.74, 6) is 0.304. The fraction of sp³-hybridized carbons (Fsp3) is 0.556. The maximum absolute atomic E-state index is 12.5. The molecule has 27 heavy (non-hydrogen) atoms. The van der Waals surface area contributed by atoms with Gasteiger partial charge in [-0.1, -0.05) is 30.9 Å². The van der Waals surface area contributed by atoms with Gasteiger partial charge >= 0.3 is 6.61 Å². The Morgan fingerprint density at radius 2 is 2.04 bits per heavy atom. The van der Waals surface area contributed by atoms with Crippen LogP contribution < -0.4 is 20.7 Å². The number of nitrogens with one attached hydrogen (secondary N) is 3. The molecule has 1 aromatic carbocycles. The molecule has 0 saturated heterocycles. The van der Waals surface area contributed by atoms with E-state index in [-0.39, 0.29) is 30.8 Å². The molecule has 6 nitrogen and oxygen atoms in total. The molecule has 2 rings (SSSR count). The van der Waals surface area contributed by atoms with Crippen molar-refractivity contribution in [2.24, 2.45) is 4.99 Å². The molecule has 1 aromatic rings. The van der Waals surface area contributed by atoms with Crippen LogP contribution >= 0.6 is 11.6 Å². The molecule has 0 bridgehead atoms. The number of carbonyl (C=O) groups excluding carboxylic acids is 1. The highest BCUT2D eigenvalue weighted by atomic mass is 35.5. The molecule has 0 atom stereocenters. The van der Waals surface area contributed by atoms with Crippen molar-refractivity contribution in [3.63, 3.8) is 0 Å². The maximum atomic E-state index is 12.5. The van der Waals surface area contributed by atoms with Crippen LogP contribution in [0.2, 0.25) is 5.02 Å². The number of rotatable bonds is 7. The monoisotopic (exact) mass is 402 g/mol. The molecule has 150 valence electrons. The minimum atomic E-state index is -2.93. The average Bonchev–Trinajstić information content (AvgIpc) is 2.64. The molecule has 1 aliphatic rings. The van der Waals surface area contributed by atoms with Gasteiger partial charge in [-0.25, -0.2) is 0 Å². The quantitative estimate of drug-likeness (QED) is 0.484. The number of hydrogen-bond donors (Lipinski definition) is 3. The van der Waals surface area contributed by atoms with Crippen LogP contribution in [0.15, 0.2) is 23.2 Å². The summed E-state index contributed by atoms with van der Waals surface area (Å²) in [6.07, 6.45) is 5.54. The van der Waals surface area contributed by atoms with Crippen LogP contribution in [0.4, 0.5) is 8.78 Å². The SMILES string of the molecule is CN=C(NCC(=O)NC1CCCCC1)NCc1cc(Cl)ccc1OC(F)F. The van der Waals surface area contributed by atoms with E-state index in [1.165, 1.54) is 24.6 Å². The lowest BCUT2D eigenvalue weighted by atomic mass is 9.95. The van der Waals surface area contributed by atoms with Crippen molar-refractivity contribution in [1.82, 2.24) is 16.0 Å². The summed E-state index contributed by atoms with van der Waals surface area (Å²) in [4.78, 5) is 16.1. The van der Waals surface area contributed by atoms with Crippen molar-refractivity contribution in [3.8, 4) is 5.75 Å². The van der Waals surface area contributed by atoms with E-state index < -0.39 is 6.61 Å². The molecule has 0 radical (unpaired) electrons. The first kappa shape index (κ1) is 21.2. The van der Waals surface area contributed by atoms with Crippen molar-refractivity contribution in [2.75, 3.05) is 13.6 Å². The van der Waals surface area contributed by atoms with Gasteiger partial charge in [-0.2, -0.15) is 8.78 Å². The minimum absolute atomic E-state index is 0.0346. The fourth-order valence-corrected chi connectivity index (χ4v) is 3.18. The van der Waals surface area contributed by atoms with Gasteiger partial charge in [0.25, 0.3) is 0 Å². The molecule has 1 amide bonds. The average molecular weight is 403 g/mol. The van der Waals surface area contributed by atoms with Crippen LogP contribution in [0.5, 0.6) is 5.75 Å². The van der Waals surface area contributed by atoms with Gasteiger partial charge < -0.3 is 20.7 Å². The van der Waals surface area contributed by atoms with Crippen molar-refractivity contribution in [2.45, 2.75) is 51.3 Å². The lowest BCUT2D eigenvalue weighted by molar-refractivity contribution is -0.120. The summed E-state index contributed by atoms with van der Waals surface area (Å²) in [7, 11) is 1.56. The normalized spacial score (nSPS) is 15.5. The van der Waals surface area contributed by atoms with Crippen molar-refractivity contribution in [3.05, 3.63) is 28.8 Å². The summed E-state index contributed by atoms with van der Waals surface area (Å²) in [6, 6.07) is 4.64. The van der Waals surface area contributed by atoms with Gasteiger partial charge in [0.2, 0.25) is 5.91 Å². The van der Waals surface area contributed by atoms with E-state index in [4.69, 9.17) is 11.6 Å². The molecule has 1 saturated carbocycles. The van der Waals surface area contributed by atoms with Gasteiger partial charge in [-0.15, -0.1) is 0 Å². The van der Waals surface area contributed by atoms with Crippen LogP contribution in [-0.4, -0.2) is 38.1 Å². The zero-order valence-corrected chi connectivity index (χ0v) is 16.0. The Bertz CT molecular complexity index is 652. The van der Waals surface area contributed by atoms with E-state index in [1.54, 1.807) is 7.05 Å². The molecular formula is C18H25ClF2N4O2. The molecule has 0 spiro atoms. The molecule has 1 fully saturated rings. The topological polar surface area (TPSA) is 74.8 Å². The molecule has 1 aliphatic carbocycles. The number of carbonyl (C=O) groups is 1. The molecule has 0 aliphatic heterocycles. The van der Waals surface area contributed by atoms with Gasteiger partial charge in [0.1, 0.15) is 5.75 Å². The predicted octanol–water partition coefficient (Wildman–Crippen LogP) is 3.06. The number of guanidine groups is 1. The highest BCUT2D eigenvalue weighted by molar-refractivity contribution is 6.30. The third-order valence-corrected chi connectivity index (χ3v) is 4.53. The van der Waals surface area contributed by atoms with E-state index in [0.29, 0.717) is 16.5 Å². The Morgan fingerprint density at radius 3 is 2.70 bits per heavy atom. The number of ether oxygens (including phenoxy) is 1. The van der Waals surface area contributed by atoms with Crippen LogP contribution in [0.1, 0.15) is 37.7 Å². The van der Waals surface area contributed by atoms with Crippen LogP contribution in [0.3, 0.4) is 0 Å². The second-order valence-electron chi connectivity index (χ2n) is 6.31. The Kier molecular flexibility index (Phi) is 8.57. The van der Waals surface area contributed by atoms with Gasteiger partial charge in [-0.3, -0.25) is 9.79 Å². The summed E-state index contributed by atoms with van der Waals surface area (Å²) >= 11 is 5.93. The third-order valence-electron chi connectivity index (χ3n) is 4.30. The number of amides is 1. The Hall–Kier alpha value is -2.09. The molecule has 9 heteroatoms. The largest absolute Gasteiger partial charge is 0.434 e. The number of benzene rings is 1. The Labute approximate surface area is 162 Å². The predicted molar refractivity (Wildman–Crippen MR) is 101 cm³/mol. The van der Waals surface area contributed by atoms with E-state index in [2.05, 4.69) is 25.7 Å². The second kappa shape index (κ2) is 10.9. The zero-order chi connectivity index (χ0) is 19.6. The van der Waals surface area contributed by atoms with Crippen LogP contribution in [0, 0.1) is 0 Å². The number of aliphatic imine (C=N–C) groups is 1. The fourth-order valence-electron chi connectivity index (χ4n) is 2.99. The van der Waals surface area contributed by atoms with Gasteiger partial charge in [-0.05, 0) is 31.0 Å². The number of hydrogen-bond acceptors (Lipinski definition) is 3. The summed E-state index contributed by atoms with van der Waals surface area (Å²) in [6.45, 7) is -2.69. The number of halogens is 3. The first-order chi connectivity index (χ1) is 13.0. The van der Waals surface area contributed by atoms with Crippen LogP contribution in [-0.2, 0) is 11.3 Å². The molecular weight excluding hydrogens is 378 g/mol. The molecule has 3 N–H and O–H groups in total. The third kappa shape index (κ3) is 7.58. The van der Waals surface area contributed by atoms with Crippen molar-refractivity contribution < 1.29 is 18.3 Å². The minimum Gasteiger partial charge on any atom is -0.434 e. The first-order valence-electron chi connectivity index (χ1n) is 8.95. The second-order valence-corrected chi connectivity index (χ2v) is 6.75. The first-order valence-corrected chi connectivity index (χ1v) is 9.33. The smallest absolute Gasteiger partial charge is 0.387 e. The van der Waals surface area contributed by atoms with E-state index >= 15 is 0 Å². The Morgan fingerprint density at radius 1 is 1.30 bits per heavy atom. The van der Waals surface area contributed by atoms with Crippen molar-refractivity contribution in [1.29, 1.82) is 0 Å². The lowest BCUT2D eigenvalue weighted by Gasteiger charge is -2.23. The van der Waals surface area contributed by atoms with E-state index in [1.807, 2.05) is 0 Å². The van der Waals surface area contributed by atoms with Crippen LogP contribution in [0.25, 0.3) is 0 Å². The molecule has 0 heterocycles. The number of alkyl halides is 2. The lowest BCUT2D eigenvalue weighted by Crippen LogP contribution is -2.45. The molecule has 0 aromatic heterocycles. The maximum Gasteiger partial charge on any atom is 0.387 e. The van der Waals surface area contributed by atoms with Gasteiger partial charge in [0.15, 0.2) is 5.96 Å². The van der Waals surface area contributed by atoms with E-state index in [0.717, 1.165) is 25.7 Å². The standard InChI is InChI=1S/C18H25ClF2N4O2/c1-22-18(24-11-16(26)25-14-5-3-2-4-6-14)23-10-12-9-13(19)7-8-15(12)27-17(20)21/h7-9,14,17H,2-6,10-11H2,1H3,(H,25,26)(H2,22,23,24). The van der Waals surface area contributed by atoms with E-state index in [9.17, 15) is 13.6 Å². The summed E-state index contributed by atoms with van der Waals surface area (Å²) in [5, 5.41) is 9.28. The highest BCUT2D eigenvalue weighted by Crippen LogP contribution is 2.24. The van der Waals surface area contributed by atoms with Gasteiger partial charge in [0, 0.05) is 30.2 Å². The van der Waals surface area contributed by atoms with Gasteiger partial charge in [0.05, 0.1) is 6.54 Å². The zero-order valence-electron chi connectivity index (χ0n) is 15.2. The molecule has 0 unspecified atom stereocenters. The Balaban J connectivity index is 1.83. The number of nitrogens with zero attached hydrogens (tertiary/aromatic N) is 1.